The predicted octanol–water partition coefficient (Wildman–Crippen LogP) is 5.36. The zero-order valence-electron chi connectivity index (χ0n) is 20.2. The Morgan fingerprint density at radius 2 is 1.89 bits per heavy atom. The number of alkyl halides is 1. The maximum Gasteiger partial charge on any atom is 0.321 e. The summed E-state index contributed by atoms with van der Waals surface area (Å²) in [6.45, 7) is 5.15. The molecule has 3 amide bonds. The third-order valence-corrected chi connectivity index (χ3v) is 7.23. The van der Waals surface area contributed by atoms with Crippen LogP contribution < -0.4 is 0 Å². The van der Waals surface area contributed by atoms with Gasteiger partial charge < -0.3 is 14.7 Å². The van der Waals surface area contributed by atoms with E-state index in [0.29, 0.717) is 44.3 Å². The van der Waals surface area contributed by atoms with Gasteiger partial charge in [-0.05, 0) is 48.6 Å². The quantitative estimate of drug-likeness (QED) is 0.514. The van der Waals surface area contributed by atoms with Crippen LogP contribution in [-0.4, -0.2) is 65.5 Å². The van der Waals surface area contributed by atoms with E-state index in [9.17, 15) is 18.4 Å². The Kier molecular flexibility index (Phi) is 7.83. The van der Waals surface area contributed by atoms with Crippen LogP contribution in [0.3, 0.4) is 0 Å². The highest BCUT2D eigenvalue weighted by atomic mass is 19.1. The molecule has 7 heteroatoms. The lowest BCUT2D eigenvalue weighted by atomic mass is 9.90. The Hall–Kier alpha value is -3.22. The van der Waals surface area contributed by atoms with Gasteiger partial charge in [-0.2, -0.15) is 0 Å². The monoisotopic (exact) mass is 481 g/mol. The van der Waals surface area contributed by atoms with Gasteiger partial charge >= 0.3 is 6.03 Å². The summed E-state index contributed by atoms with van der Waals surface area (Å²) in [7, 11) is 1.79. The number of carbonyl (C=O) groups is 2. The molecular formula is C28H33F2N3O2. The van der Waals surface area contributed by atoms with E-state index < -0.39 is 17.9 Å². The van der Waals surface area contributed by atoms with E-state index in [1.54, 1.807) is 22.9 Å². The molecule has 0 N–H and O–H groups in total. The molecule has 1 fully saturated rings. The fourth-order valence-electron chi connectivity index (χ4n) is 5.15. The average Bonchev–Trinajstić information content (AvgIpc) is 3.33. The summed E-state index contributed by atoms with van der Waals surface area (Å²) in [4.78, 5) is 31.4. The highest BCUT2D eigenvalue weighted by Gasteiger charge is 2.38. The Bertz CT molecular complexity index is 1030. The molecule has 2 heterocycles. The van der Waals surface area contributed by atoms with Gasteiger partial charge in [0.25, 0.3) is 0 Å². The Balaban J connectivity index is 1.47. The number of nitrogens with zero attached hydrogens (tertiary/aromatic N) is 3. The molecular weight excluding hydrogens is 448 g/mol. The van der Waals surface area contributed by atoms with Gasteiger partial charge in [0.2, 0.25) is 5.91 Å². The summed E-state index contributed by atoms with van der Waals surface area (Å²) in [6, 6.07) is 9.14. The molecule has 0 spiro atoms. The summed E-state index contributed by atoms with van der Waals surface area (Å²) in [5.74, 6) is -1.06. The molecule has 0 saturated carbocycles. The standard InChI is InChI=1S/C28H33F2N3O2/c1-3-4-10-27(34)32-15-13-23(14-16-32)31(2)28(35)33-19-21(24-18-22(29)11-12-25(24)30)17-26(33)20-8-6-5-7-9-20/h3,5-9,11-12,17-18,23-26H,1,4,10,13-16,19H2,2H3/t24?,25?,26-/m0/s1. The number of urea groups is 1. The second-order valence-electron chi connectivity index (χ2n) is 9.44. The summed E-state index contributed by atoms with van der Waals surface area (Å²) in [6.07, 6.45) is 8.56. The largest absolute Gasteiger partial charge is 0.343 e. The minimum atomic E-state index is -1.33. The molecule has 3 aliphatic rings. The third-order valence-electron chi connectivity index (χ3n) is 7.23. The van der Waals surface area contributed by atoms with Crippen molar-refractivity contribution in [3.8, 4) is 0 Å². The van der Waals surface area contributed by atoms with Gasteiger partial charge in [-0.3, -0.25) is 4.79 Å². The van der Waals surface area contributed by atoms with Crippen molar-refractivity contribution in [3.05, 3.63) is 84.3 Å². The van der Waals surface area contributed by atoms with Crippen LogP contribution in [0.15, 0.2) is 78.7 Å². The fraction of sp³-hybridized carbons (Fsp3) is 0.429. The van der Waals surface area contributed by atoms with E-state index in [2.05, 4.69) is 6.58 Å². The van der Waals surface area contributed by atoms with Crippen LogP contribution >= 0.6 is 0 Å². The molecule has 2 unspecified atom stereocenters. The maximum absolute atomic E-state index is 14.7. The first-order valence-electron chi connectivity index (χ1n) is 12.3. The molecule has 5 nitrogen and oxygen atoms in total. The third kappa shape index (κ3) is 5.55. The van der Waals surface area contributed by atoms with E-state index in [4.69, 9.17) is 0 Å². The molecule has 0 bridgehead atoms. The molecule has 35 heavy (non-hydrogen) atoms. The van der Waals surface area contributed by atoms with E-state index in [1.165, 1.54) is 12.2 Å². The van der Waals surface area contributed by atoms with Crippen molar-refractivity contribution in [3.63, 3.8) is 0 Å². The molecule has 2 aliphatic heterocycles. The normalized spacial score (nSPS) is 24.7. The molecule has 0 radical (unpaired) electrons. The van der Waals surface area contributed by atoms with Crippen molar-refractivity contribution in [1.82, 2.24) is 14.7 Å². The van der Waals surface area contributed by atoms with E-state index in [1.807, 2.05) is 41.3 Å². The summed E-state index contributed by atoms with van der Waals surface area (Å²) >= 11 is 0. The number of piperidine rings is 1. The SMILES string of the molecule is C=CCCC(=O)N1CCC(N(C)C(=O)N2CC(C3C=C(F)C=CC3F)=C[C@H]2c2ccccc2)CC1. The number of benzene rings is 1. The van der Waals surface area contributed by atoms with E-state index >= 15 is 0 Å². The zero-order valence-corrected chi connectivity index (χ0v) is 20.2. The summed E-state index contributed by atoms with van der Waals surface area (Å²) in [5.41, 5.74) is 1.63. The van der Waals surface area contributed by atoms with Gasteiger partial charge in [-0.15, -0.1) is 6.58 Å². The molecule has 1 aromatic rings. The zero-order chi connectivity index (χ0) is 24.9. The van der Waals surface area contributed by atoms with Crippen LogP contribution in [0.2, 0.25) is 0 Å². The van der Waals surface area contributed by atoms with E-state index in [-0.39, 0.29) is 30.6 Å². The van der Waals surface area contributed by atoms with Crippen LogP contribution in [0.4, 0.5) is 13.6 Å². The van der Waals surface area contributed by atoms with Gasteiger partial charge in [-0.1, -0.05) is 42.5 Å². The number of amides is 3. The highest BCUT2D eigenvalue weighted by molar-refractivity contribution is 5.77. The lowest BCUT2D eigenvalue weighted by molar-refractivity contribution is -0.132. The van der Waals surface area contributed by atoms with Crippen LogP contribution in [0.25, 0.3) is 0 Å². The van der Waals surface area contributed by atoms with Crippen molar-refractivity contribution in [2.75, 3.05) is 26.7 Å². The van der Waals surface area contributed by atoms with E-state index in [0.717, 1.165) is 11.6 Å². The first-order valence-corrected chi connectivity index (χ1v) is 12.3. The van der Waals surface area contributed by atoms with Gasteiger partial charge in [-0.25, -0.2) is 13.6 Å². The van der Waals surface area contributed by atoms with Gasteiger partial charge in [0.1, 0.15) is 12.0 Å². The van der Waals surface area contributed by atoms with Crippen molar-refractivity contribution in [2.24, 2.45) is 5.92 Å². The van der Waals surface area contributed by atoms with Crippen molar-refractivity contribution in [1.29, 1.82) is 0 Å². The Morgan fingerprint density at radius 1 is 1.17 bits per heavy atom. The number of carbonyl (C=O) groups excluding carboxylic acids is 2. The van der Waals surface area contributed by atoms with Gasteiger partial charge in [0.15, 0.2) is 0 Å². The predicted molar refractivity (Wildman–Crippen MR) is 133 cm³/mol. The second-order valence-corrected chi connectivity index (χ2v) is 9.44. The number of hydrogen-bond donors (Lipinski definition) is 0. The highest BCUT2D eigenvalue weighted by Crippen LogP contribution is 2.38. The minimum Gasteiger partial charge on any atom is -0.343 e. The number of rotatable bonds is 6. The smallest absolute Gasteiger partial charge is 0.321 e. The molecule has 186 valence electrons. The first-order chi connectivity index (χ1) is 16.9. The second kappa shape index (κ2) is 11.0. The number of allylic oxidation sites excluding steroid dienone is 5. The van der Waals surface area contributed by atoms with Crippen molar-refractivity contribution >= 4 is 11.9 Å². The molecule has 4 rings (SSSR count). The average molecular weight is 482 g/mol. The van der Waals surface area contributed by atoms with Gasteiger partial charge in [0.05, 0.1) is 6.04 Å². The maximum atomic E-state index is 14.7. The van der Waals surface area contributed by atoms with Crippen LogP contribution in [0.1, 0.15) is 37.3 Å². The number of likely N-dealkylation sites (tertiary alicyclic amines) is 1. The Labute approximate surface area is 206 Å². The number of halogens is 2. The summed E-state index contributed by atoms with van der Waals surface area (Å²) < 4.78 is 28.6. The van der Waals surface area contributed by atoms with Crippen molar-refractivity contribution in [2.45, 2.75) is 43.9 Å². The van der Waals surface area contributed by atoms with Crippen molar-refractivity contribution < 1.29 is 18.4 Å². The lowest BCUT2D eigenvalue weighted by Gasteiger charge is -2.39. The molecule has 3 atom stereocenters. The topological polar surface area (TPSA) is 43.9 Å². The van der Waals surface area contributed by atoms with Crippen LogP contribution in [0, 0.1) is 5.92 Å². The molecule has 0 aromatic heterocycles. The van der Waals surface area contributed by atoms with Crippen LogP contribution in [-0.2, 0) is 4.79 Å². The molecule has 1 saturated heterocycles. The minimum absolute atomic E-state index is 0.00954. The summed E-state index contributed by atoms with van der Waals surface area (Å²) in [5, 5.41) is 0. The Morgan fingerprint density at radius 3 is 2.57 bits per heavy atom. The van der Waals surface area contributed by atoms with Crippen LogP contribution in [0.5, 0.6) is 0 Å². The first kappa shape index (κ1) is 24.9. The fourth-order valence-corrected chi connectivity index (χ4v) is 5.15. The molecule has 1 aliphatic carbocycles. The van der Waals surface area contributed by atoms with Gasteiger partial charge in [0, 0.05) is 45.1 Å². The molecule has 1 aromatic carbocycles. The lowest BCUT2D eigenvalue weighted by Crippen LogP contribution is -2.51. The number of hydrogen-bond acceptors (Lipinski definition) is 2.